The zero-order valence-electron chi connectivity index (χ0n) is 10.1. The van der Waals surface area contributed by atoms with Crippen molar-refractivity contribution in [2.24, 2.45) is 0 Å². The lowest BCUT2D eigenvalue weighted by Crippen LogP contribution is -2.20. The molecule has 1 heterocycles. The average molecular weight is 229 g/mol. The summed E-state index contributed by atoms with van der Waals surface area (Å²) in [5.74, 6) is 0. The van der Waals surface area contributed by atoms with E-state index in [4.69, 9.17) is 11.6 Å². The second-order valence-electron chi connectivity index (χ2n) is 4.86. The van der Waals surface area contributed by atoms with E-state index in [1.807, 2.05) is 17.8 Å². The van der Waals surface area contributed by atoms with Crippen LogP contribution < -0.4 is 0 Å². The fraction of sp³-hybridized carbons (Fsp3) is 0.750. The van der Waals surface area contributed by atoms with Crippen molar-refractivity contribution in [1.82, 2.24) is 9.78 Å². The normalized spacial score (nSPS) is 14.2. The summed E-state index contributed by atoms with van der Waals surface area (Å²) < 4.78 is 2.01. The smallest absolute Gasteiger partial charge is 0.0527 e. The fourth-order valence-electron chi connectivity index (χ4n) is 1.89. The third kappa shape index (κ3) is 3.53. The van der Waals surface area contributed by atoms with Gasteiger partial charge < -0.3 is 0 Å². The zero-order chi connectivity index (χ0) is 11.5. The highest BCUT2D eigenvalue weighted by Crippen LogP contribution is 2.29. The van der Waals surface area contributed by atoms with Crippen molar-refractivity contribution in [3.63, 3.8) is 0 Å². The molecule has 0 aromatic carbocycles. The lowest BCUT2D eigenvalue weighted by Gasteiger charge is -2.24. The number of alkyl halides is 1. The molecule has 3 heteroatoms. The van der Waals surface area contributed by atoms with Crippen molar-refractivity contribution < 1.29 is 0 Å². The number of halogens is 1. The minimum Gasteiger partial charge on any atom is -0.272 e. The van der Waals surface area contributed by atoms with Gasteiger partial charge in [0.2, 0.25) is 0 Å². The van der Waals surface area contributed by atoms with E-state index >= 15 is 0 Å². The maximum absolute atomic E-state index is 6.05. The number of hydrogen-bond acceptors (Lipinski definition) is 1. The Bertz CT molecular complexity index is 302. The predicted molar refractivity (Wildman–Crippen MR) is 65.5 cm³/mol. The minimum absolute atomic E-state index is 0.118. The largest absolute Gasteiger partial charge is 0.272 e. The Morgan fingerprint density at radius 3 is 2.73 bits per heavy atom. The molecule has 0 aliphatic heterocycles. The molecule has 0 amide bonds. The van der Waals surface area contributed by atoms with Crippen LogP contribution in [0, 0.1) is 0 Å². The Morgan fingerprint density at radius 2 is 2.20 bits per heavy atom. The van der Waals surface area contributed by atoms with E-state index in [1.54, 1.807) is 0 Å². The van der Waals surface area contributed by atoms with E-state index in [0.717, 1.165) is 19.4 Å². The minimum atomic E-state index is 0.118. The van der Waals surface area contributed by atoms with Gasteiger partial charge >= 0.3 is 0 Å². The average Bonchev–Trinajstić information content (AvgIpc) is 2.51. The molecule has 86 valence electrons. The SMILES string of the molecule is CCCn1cc(C(C)(C)CC(C)Cl)cn1. The first-order valence-electron chi connectivity index (χ1n) is 5.62. The number of rotatable bonds is 5. The van der Waals surface area contributed by atoms with Gasteiger partial charge in [-0.05, 0) is 30.7 Å². The second-order valence-corrected chi connectivity index (χ2v) is 5.61. The standard InChI is InChI=1S/C12H21ClN2/c1-5-6-15-9-11(8-14-15)12(3,4)7-10(2)13/h8-10H,5-7H2,1-4H3. The van der Waals surface area contributed by atoms with Gasteiger partial charge in [-0.3, -0.25) is 4.68 Å². The van der Waals surface area contributed by atoms with Crippen LogP contribution >= 0.6 is 11.6 Å². The molecule has 0 aliphatic rings. The maximum atomic E-state index is 6.05. The van der Waals surface area contributed by atoms with E-state index in [9.17, 15) is 0 Å². The third-order valence-corrected chi connectivity index (χ3v) is 2.81. The molecule has 0 saturated heterocycles. The Balaban J connectivity index is 2.75. The van der Waals surface area contributed by atoms with Crippen LogP contribution in [0.5, 0.6) is 0 Å². The summed E-state index contributed by atoms with van der Waals surface area (Å²) in [5.41, 5.74) is 1.40. The summed E-state index contributed by atoms with van der Waals surface area (Å²) in [6.45, 7) is 9.64. The lowest BCUT2D eigenvalue weighted by atomic mass is 9.82. The van der Waals surface area contributed by atoms with Gasteiger partial charge in [0.05, 0.1) is 6.20 Å². The Labute approximate surface area is 97.6 Å². The van der Waals surface area contributed by atoms with Crippen LogP contribution in [-0.4, -0.2) is 15.2 Å². The van der Waals surface area contributed by atoms with Crippen LogP contribution in [0.2, 0.25) is 0 Å². The van der Waals surface area contributed by atoms with E-state index < -0.39 is 0 Å². The van der Waals surface area contributed by atoms with Gasteiger partial charge in [0, 0.05) is 18.1 Å². The topological polar surface area (TPSA) is 17.8 Å². The molecule has 0 N–H and O–H groups in total. The molecule has 0 saturated carbocycles. The summed E-state index contributed by atoms with van der Waals surface area (Å²) in [7, 11) is 0. The maximum Gasteiger partial charge on any atom is 0.0527 e. The third-order valence-electron chi connectivity index (χ3n) is 2.66. The van der Waals surface area contributed by atoms with Crippen LogP contribution in [0.15, 0.2) is 12.4 Å². The van der Waals surface area contributed by atoms with Crippen LogP contribution in [-0.2, 0) is 12.0 Å². The highest BCUT2D eigenvalue weighted by Gasteiger charge is 2.24. The molecule has 1 atom stereocenters. The molecule has 1 aromatic heterocycles. The molecule has 1 rings (SSSR count). The van der Waals surface area contributed by atoms with Gasteiger partial charge in [-0.25, -0.2) is 0 Å². The molecule has 0 radical (unpaired) electrons. The summed E-state index contributed by atoms with van der Waals surface area (Å²) in [6.07, 6.45) is 6.21. The molecule has 2 nitrogen and oxygen atoms in total. The highest BCUT2D eigenvalue weighted by atomic mass is 35.5. The first-order valence-corrected chi connectivity index (χ1v) is 6.06. The Hall–Kier alpha value is -0.500. The lowest BCUT2D eigenvalue weighted by molar-refractivity contribution is 0.475. The number of aryl methyl sites for hydroxylation is 1. The Morgan fingerprint density at radius 1 is 1.53 bits per heavy atom. The quantitative estimate of drug-likeness (QED) is 0.705. The van der Waals surface area contributed by atoms with E-state index in [-0.39, 0.29) is 10.8 Å². The van der Waals surface area contributed by atoms with Crippen molar-refractivity contribution in [3.05, 3.63) is 18.0 Å². The van der Waals surface area contributed by atoms with Crippen molar-refractivity contribution in [3.8, 4) is 0 Å². The van der Waals surface area contributed by atoms with Gasteiger partial charge in [-0.15, -0.1) is 11.6 Å². The van der Waals surface area contributed by atoms with Gasteiger partial charge in [0.25, 0.3) is 0 Å². The molecule has 0 aliphatic carbocycles. The summed E-state index contributed by atoms with van der Waals surface area (Å²) >= 11 is 6.05. The van der Waals surface area contributed by atoms with Gasteiger partial charge in [0.1, 0.15) is 0 Å². The first kappa shape index (κ1) is 12.6. The predicted octanol–water partition coefficient (Wildman–Crippen LogP) is 3.59. The molecule has 0 fully saturated rings. The molecule has 15 heavy (non-hydrogen) atoms. The van der Waals surface area contributed by atoms with Crippen LogP contribution in [0.25, 0.3) is 0 Å². The van der Waals surface area contributed by atoms with Crippen molar-refractivity contribution in [1.29, 1.82) is 0 Å². The zero-order valence-corrected chi connectivity index (χ0v) is 10.9. The highest BCUT2D eigenvalue weighted by molar-refractivity contribution is 6.20. The number of nitrogens with zero attached hydrogens (tertiary/aromatic N) is 2. The molecular weight excluding hydrogens is 208 g/mol. The summed E-state index contributed by atoms with van der Waals surface area (Å²) in [5, 5.41) is 4.56. The second kappa shape index (κ2) is 5.02. The molecular formula is C12H21ClN2. The van der Waals surface area contributed by atoms with Crippen molar-refractivity contribution in [2.75, 3.05) is 0 Å². The number of aromatic nitrogens is 2. The summed E-state index contributed by atoms with van der Waals surface area (Å²) in [6, 6.07) is 0. The van der Waals surface area contributed by atoms with Gasteiger partial charge in [-0.1, -0.05) is 20.8 Å². The van der Waals surface area contributed by atoms with Gasteiger partial charge in [0.15, 0.2) is 0 Å². The van der Waals surface area contributed by atoms with Crippen molar-refractivity contribution >= 4 is 11.6 Å². The van der Waals surface area contributed by atoms with E-state index in [0.29, 0.717) is 0 Å². The fourth-order valence-corrected chi connectivity index (χ4v) is 2.27. The molecule has 1 aromatic rings. The monoisotopic (exact) mass is 228 g/mol. The van der Waals surface area contributed by atoms with Crippen LogP contribution in [0.1, 0.15) is 46.1 Å². The summed E-state index contributed by atoms with van der Waals surface area (Å²) in [4.78, 5) is 0. The van der Waals surface area contributed by atoms with Gasteiger partial charge in [-0.2, -0.15) is 5.10 Å². The van der Waals surface area contributed by atoms with Crippen LogP contribution in [0.3, 0.4) is 0 Å². The Kier molecular flexibility index (Phi) is 4.21. The molecule has 1 unspecified atom stereocenters. The van der Waals surface area contributed by atoms with E-state index in [2.05, 4.69) is 32.1 Å². The number of hydrogen-bond donors (Lipinski definition) is 0. The van der Waals surface area contributed by atoms with Crippen LogP contribution in [0.4, 0.5) is 0 Å². The van der Waals surface area contributed by atoms with E-state index in [1.165, 1.54) is 5.56 Å². The molecule has 0 spiro atoms. The van der Waals surface area contributed by atoms with Crippen molar-refractivity contribution in [2.45, 2.75) is 57.9 Å². The molecule has 0 bridgehead atoms. The first-order chi connectivity index (χ1) is 6.95.